The summed E-state index contributed by atoms with van der Waals surface area (Å²) in [5.74, 6) is 0.516. The fourth-order valence-corrected chi connectivity index (χ4v) is 1.55. The monoisotopic (exact) mass is 281 g/mol. The molecule has 0 N–H and O–H groups in total. The third-order valence-corrected chi connectivity index (χ3v) is 2.26. The molecule has 0 aromatic heterocycles. The number of hydrogen-bond donors (Lipinski definition) is 0. The van der Waals surface area contributed by atoms with Gasteiger partial charge in [0.05, 0.1) is 19.1 Å². The van der Waals surface area contributed by atoms with Crippen LogP contribution < -0.4 is 4.74 Å². The number of nitriles is 1. The summed E-state index contributed by atoms with van der Waals surface area (Å²) < 4.78 is 5.95. The molecule has 4 nitrogen and oxygen atoms in total. The third-order valence-electron chi connectivity index (χ3n) is 1.81. The molecule has 16 heavy (non-hydrogen) atoms. The zero-order chi connectivity index (χ0) is 12.1. The molecule has 0 heterocycles. The molecule has 0 spiro atoms. The maximum Gasteiger partial charge on any atom is 0.139 e. The van der Waals surface area contributed by atoms with Gasteiger partial charge in [-0.15, -0.1) is 0 Å². The van der Waals surface area contributed by atoms with Crippen LogP contribution in [0.3, 0.4) is 0 Å². The Kier molecular flexibility index (Phi) is 4.32. The van der Waals surface area contributed by atoms with E-state index in [0.29, 0.717) is 17.0 Å². The first-order valence-electron chi connectivity index (χ1n) is 4.56. The zero-order valence-corrected chi connectivity index (χ0v) is 10.9. The number of ether oxygens (including phenoxy) is 1. The van der Waals surface area contributed by atoms with Crippen LogP contribution in [0.15, 0.2) is 21.6 Å². The van der Waals surface area contributed by atoms with Gasteiger partial charge in [-0.05, 0) is 12.1 Å². The van der Waals surface area contributed by atoms with Crippen LogP contribution in [0.1, 0.15) is 5.56 Å². The summed E-state index contributed by atoms with van der Waals surface area (Å²) in [6.07, 6.45) is 1.64. The Bertz CT molecular complexity index is 449. The average Bonchev–Trinajstić information content (AvgIpc) is 2.25. The molecule has 0 unspecified atom stereocenters. The van der Waals surface area contributed by atoms with Gasteiger partial charge in [0.25, 0.3) is 0 Å². The van der Waals surface area contributed by atoms with E-state index in [0.717, 1.165) is 4.47 Å². The summed E-state index contributed by atoms with van der Waals surface area (Å²) in [5.41, 5.74) is 1.02. The van der Waals surface area contributed by atoms with Gasteiger partial charge in [0.15, 0.2) is 0 Å². The van der Waals surface area contributed by atoms with Crippen molar-refractivity contribution >= 4 is 28.0 Å². The summed E-state index contributed by atoms with van der Waals surface area (Å²) in [4.78, 5) is 6.01. The maximum atomic E-state index is 9.05. The fourth-order valence-electron chi connectivity index (χ4n) is 1.12. The van der Waals surface area contributed by atoms with Crippen LogP contribution >= 0.6 is 15.9 Å². The summed E-state index contributed by atoms with van der Waals surface area (Å²) in [6.45, 7) is 0. The summed E-state index contributed by atoms with van der Waals surface area (Å²) >= 11 is 3.35. The van der Waals surface area contributed by atoms with E-state index in [1.165, 1.54) is 7.11 Å². The highest BCUT2D eigenvalue weighted by Gasteiger charge is 2.09. The van der Waals surface area contributed by atoms with Gasteiger partial charge in [-0.1, -0.05) is 15.9 Å². The van der Waals surface area contributed by atoms with Gasteiger partial charge in [0, 0.05) is 18.6 Å². The van der Waals surface area contributed by atoms with Gasteiger partial charge in [0.2, 0.25) is 0 Å². The van der Waals surface area contributed by atoms with E-state index in [1.807, 2.05) is 14.1 Å². The quantitative estimate of drug-likeness (QED) is 0.632. The van der Waals surface area contributed by atoms with E-state index in [9.17, 15) is 0 Å². The van der Waals surface area contributed by atoms with Gasteiger partial charge in [-0.3, -0.25) is 0 Å². The van der Waals surface area contributed by atoms with Crippen molar-refractivity contribution in [2.45, 2.75) is 0 Å². The Morgan fingerprint density at radius 3 is 2.69 bits per heavy atom. The van der Waals surface area contributed by atoms with Crippen molar-refractivity contribution in [3.63, 3.8) is 0 Å². The lowest BCUT2D eigenvalue weighted by atomic mass is 10.2. The van der Waals surface area contributed by atoms with E-state index < -0.39 is 0 Å². The lowest BCUT2D eigenvalue weighted by molar-refractivity contribution is 0.413. The van der Waals surface area contributed by atoms with Crippen LogP contribution in [0.2, 0.25) is 0 Å². The van der Waals surface area contributed by atoms with Crippen LogP contribution in [0.25, 0.3) is 0 Å². The van der Waals surface area contributed by atoms with E-state index in [1.54, 1.807) is 23.4 Å². The lowest BCUT2D eigenvalue weighted by Gasteiger charge is -2.07. The minimum Gasteiger partial charge on any atom is -0.495 e. The Hall–Kier alpha value is -1.54. The van der Waals surface area contributed by atoms with Crippen molar-refractivity contribution in [2.24, 2.45) is 4.99 Å². The van der Waals surface area contributed by atoms with Gasteiger partial charge in [0.1, 0.15) is 17.4 Å². The maximum absolute atomic E-state index is 9.05. The molecule has 84 valence electrons. The van der Waals surface area contributed by atoms with Crippen LogP contribution in [-0.2, 0) is 0 Å². The highest BCUT2D eigenvalue weighted by molar-refractivity contribution is 9.10. The topological polar surface area (TPSA) is 48.6 Å². The number of benzene rings is 1. The molecule has 0 radical (unpaired) electrons. The summed E-state index contributed by atoms with van der Waals surface area (Å²) in [6, 6.07) is 5.61. The molecule has 0 aliphatic rings. The van der Waals surface area contributed by atoms with Crippen molar-refractivity contribution in [3.05, 3.63) is 22.2 Å². The molecule has 0 fully saturated rings. The van der Waals surface area contributed by atoms with Crippen molar-refractivity contribution in [3.8, 4) is 11.8 Å². The van der Waals surface area contributed by atoms with E-state index in [4.69, 9.17) is 10.00 Å². The molecular weight excluding hydrogens is 270 g/mol. The highest BCUT2D eigenvalue weighted by atomic mass is 79.9. The average molecular weight is 282 g/mol. The molecule has 0 saturated heterocycles. The Balaban J connectivity index is 3.27. The first-order valence-corrected chi connectivity index (χ1v) is 5.36. The fraction of sp³-hybridized carbons (Fsp3) is 0.273. The predicted octanol–water partition coefficient (Wildman–Crippen LogP) is 2.55. The van der Waals surface area contributed by atoms with E-state index in [-0.39, 0.29) is 0 Å². The van der Waals surface area contributed by atoms with Gasteiger partial charge < -0.3 is 9.64 Å². The van der Waals surface area contributed by atoms with Crippen molar-refractivity contribution in [1.82, 2.24) is 4.90 Å². The molecule has 0 bridgehead atoms. The minimum absolute atomic E-state index is 0.434. The number of nitrogens with zero attached hydrogens (tertiary/aromatic N) is 3. The van der Waals surface area contributed by atoms with Crippen LogP contribution in [0.4, 0.5) is 5.69 Å². The molecule has 1 aromatic carbocycles. The first kappa shape index (κ1) is 12.5. The second kappa shape index (κ2) is 5.52. The molecule has 0 amide bonds. The van der Waals surface area contributed by atoms with Crippen LogP contribution in [-0.4, -0.2) is 32.4 Å². The van der Waals surface area contributed by atoms with Crippen molar-refractivity contribution in [1.29, 1.82) is 5.26 Å². The standard InChI is InChI=1S/C11H12BrN3O/c1-15(2)7-14-10-4-8(12)5-11(16-3)9(10)6-13/h4-5,7H,1-3H3/b14-7-. The molecule has 0 saturated carbocycles. The van der Waals surface area contributed by atoms with E-state index in [2.05, 4.69) is 27.0 Å². The molecule has 0 aliphatic heterocycles. The second-order valence-corrected chi connectivity index (χ2v) is 4.24. The number of rotatable bonds is 3. The Morgan fingerprint density at radius 2 is 2.19 bits per heavy atom. The van der Waals surface area contributed by atoms with Crippen molar-refractivity contribution < 1.29 is 4.74 Å². The number of aliphatic imine (C=N–C) groups is 1. The largest absolute Gasteiger partial charge is 0.495 e. The zero-order valence-electron chi connectivity index (χ0n) is 9.36. The number of hydrogen-bond acceptors (Lipinski definition) is 3. The van der Waals surface area contributed by atoms with Gasteiger partial charge in [-0.25, -0.2) is 4.99 Å². The molecule has 5 heteroatoms. The lowest BCUT2D eigenvalue weighted by Crippen LogP contribution is -2.07. The second-order valence-electron chi connectivity index (χ2n) is 3.32. The van der Waals surface area contributed by atoms with E-state index >= 15 is 0 Å². The highest BCUT2D eigenvalue weighted by Crippen LogP contribution is 2.32. The normalized spacial score (nSPS) is 10.2. The number of methoxy groups -OCH3 is 1. The predicted molar refractivity (Wildman–Crippen MR) is 67.2 cm³/mol. The van der Waals surface area contributed by atoms with Gasteiger partial charge in [-0.2, -0.15) is 5.26 Å². The smallest absolute Gasteiger partial charge is 0.139 e. The Labute approximate surface area is 103 Å². The van der Waals surface area contributed by atoms with Crippen LogP contribution in [0.5, 0.6) is 5.75 Å². The molecule has 0 atom stereocenters. The van der Waals surface area contributed by atoms with Gasteiger partial charge >= 0.3 is 0 Å². The SMILES string of the molecule is COc1cc(Br)cc(/N=C\N(C)C)c1C#N. The third kappa shape index (κ3) is 2.97. The summed E-state index contributed by atoms with van der Waals surface area (Å²) in [7, 11) is 5.26. The molecular formula is C11H12BrN3O. The first-order chi connectivity index (χ1) is 7.58. The minimum atomic E-state index is 0.434. The van der Waals surface area contributed by atoms with Crippen molar-refractivity contribution in [2.75, 3.05) is 21.2 Å². The Morgan fingerprint density at radius 1 is 1.50 bits per heavy atom. The number of halogens is 1. The van der Waals surface area contributed by atoms with Crippen LogP contribution in [0, 0.1) is 11.3 Å². The molecule has 1 rings (SSSR count). The molecule has 1 aromatic rings. The molecule has 0 aliphatic carbocycles. The summed E-state index contributed by atoms with van der Waals surface area (Å²) in [5, 5.41) is 9.05.